The Balaban J connectivity index is 1.69. The second-order valence-corrected chi connectivity index (χ2v) is 6.88. The van der Waals surface area contributed by atoms with Gasteiger partial charge >= 0.3 is 0 Å². The van der Waals surface area contributed by atoms with Crippen molar-refractivity contribution in [2.75, 3.05) is 7.11 Å². The summed E-state index contributed by atoms with van der Waals surface area (Å²) in [6.07, 6.45) is 4.26. The van der Waals surface area contributed by atoms with Gasteiger partial charge in [-0.25, -0.2) is 0 Å². The zero-order chi connectivity index (χ0) is 19.2. The molecular formula is C19H22ClN3O4. The highest BCUT2D eigenvalue weighted by molar-refractivity contribution is 6.33. The minimum atomic E-state index is -0.883. The van der Waals surface area contributed by atoms with Gasteiger partial charge in [0.2, 0.25) is 11.8 Å². The molecule has 7 nitrogen and oxygen atoms in total. The van der Waals surface area contributed by atoms with E-state index in [1.807, 2.05) is 0 Å². The summed E-state index contributed by atoms with van der Waals surface area (Å²) in [7, 11) is 1.50. The molecule has 1 aromatic carbocycles. The van der Waals surface area contributed by atoms with E-state index in [0.717, 1.165) is 25.7 Å². The Kier molecular flexibility index (Phi) is 6.47. The van der Waals surface area contributed by atoms with E-state index in [4.69, 9.17) is 21.1 Å². The topological polar surface area (TPSA) is 93.6 Å². The number of hydrogen-bond acceptors (Lipinski definition) is 6. The normalized spacial score (nSPS) is 15.8. The SMILES string of the molecule is COc1ccc(Oc2ccc(Cl)c(C(=O)NC(O)C3CCCCC3)c2)nn1. The van der Waals surface area contributed by atoms with Crippen molar-refractivity contribution in [1.29, 1.82) is 0 Å². The van der Waals surface area contributed by atoms with E-state index in [9.17, 15) is 9.90 Å². The number of methoxy groups -OCH3 is 1. The molecule has 1 atom stereocenters. The lowest BCUT2D eigenvalue weighted by Gasteiger charge is -2.27. The maximum absolute atomic E-state index is 12.6. The van der Waals surface area contributed by atoms with Crippen molar-refractivity contribution in [3.8, 4) is 17.5 Å². The summed E-state index contributed by atoms with van der Waals surface area (Å²) < 4.78 is 10.6. The van der Waals surface area contributed by atoms with Gasteiger partial charge in [-0.05, 0) is 31.0 Å². The molecule has 0 bridgehead atoms. The largest absolute Gasteiger partial charge is 0.480 e. The first-order valence-electron chi connectivity index (χ1n) is 8.91. The number of benzene rings is 1. The number of nitrogens with zero attached hydrogens (tertiary/aromatic N) is 2. The van der Waals surface area contributed by atoms with Crippen LogP contribution in [0.3, 0.4) is 0 Å². The van der Waals surface area contributed by atoms with E-state index in [1.54, 1.807) is 24.3 Å². The molecule has 8 heteroatoms. The van der Waals surface area contributed by atoms with Crippen molar-refractivity contribution < 1.29 is 19.4 Å². The quantitative estimate of drug-likeness (QED) is 0.731. The molecule has 1 fully saturated rings. The number of rotatable bonds is 6. The highest BCUT2D eigenvalue weighted by Gasteiger charge is 2.24. The molecule has 1 aromatic heterocycles. The fraction of sp³-hybridized carbons (Fsp3) is 0.421. The average molecular weight is 392 g/mol. The van der Waals surface area contributed by atoms with Gasteiger partial charge in [0, 0.05) is 18.1 Å². The standard InChI is InChI=1S/C19H22ClN3O4/c1-26-16-9-10-17(23-22-16)27-13-7-8-15(20)14(11-13)19(25)21-18(24)12-5-3-2-4-6-12/h7-12,18,24H,2-6H2,1H3,(H,21,25). The third kappa shape index (κ3) is 5.08. The number of aromatic nitrogens is 2. The molecule has 1 unspecified atom stereocenters. The first kappa shape index (κ1) is 19.4. The Morgan fingerprint density at radius 1 is 1.19 bits per heavy atom. The van der Waals surface area contributed by atoms with E-state index in [0.29, 0.717) is 11.6 Å². The molecule has 1 heterocycles. The molecule has 1 saturated carbocycles. The van der Waals surface area contributed by atoms with Gasteiger partial charge in [0.05, 0.1) is 17.7 Å². The number of aliphatic hydroxyl groups excluding tert-OH is 1. The van der Waals surface area contributed by atoms with Crippen molar-refractivity contribution in [3.05, 3.63) is 40.9 Å². The molecule has 3 rings (SSSR count). The maximum Gasteiger partial charge on any atom is 0.254 e. The second kappa shape index (κ2) is 9.01. The third-order valence-corrected chi connectivity index (χ3v) is 4.93. The molecule has 27 heavy (non-hydrogen) atoms. The van der Waals surface area contributed by atoms with Crippen LogP contribution in [0.4, 0.5) is 0 Å². The van der Waals surface area contributed by atoms with Gasteiger partial charge in [0.1, 0.15) is 12.0 Å². The van der Waals surface area contributed by atoms with E-state index < -0.39 is 12.1 Å². The lowest BCUT2D eigenvalue weighted by Crippen LogP contribution is -2.41. The summed E-state index contributed by atoms with van der Waals surface area (Å²) in [4.78, 5) is 12.6. The first-order chi connectivity index (χ1) is 13.1. The van der Waals surface area contributed by atoms with Crippen LogP contribution in [0.2, 0.25) is 5.02 Å². The third-order valence-electron chi connectivity index (χ3n) is 4.60. The highest BCUT2D eigenvalue weighted by Crippen LogP contribution is 2.28. The molecular weight excluding hydrogens is 370 g/mol. The monoisotopic (exact) mass is 391 g/mol. The van der Waals surface area contributed by atoms with Crippen LogP contribution in [0.5, 0.6) is 17.5 Å². The Morgan fingerprint density at radius 2 is 1.89 bits per heavy atom. The van der Waals surface area contributed by atoms with Crippen LogP contribution in [0.25, 0.3) is 0 Å². The first-order valence-corrected chi connectivity index (χ1v) is 9.28. The van der Waals surface area contributed by atoms with Gasteiger partial charge < -0.3 is 19.9 Å². The smallest absolute Gasteiger partial charge is 0.254 e. The fourth-order valence-corrected chi connectivity index (χ4v) is 3.32. The van der Waals surface area contributed by atoms with Gasteiger partial charge in [0.25, 0.3) is 5.91 Å². The van der Waals surface area contributed by atoms with Crippen LogP contribution in [-0.4, -0.2) is 34.5 Å². The highest BCUT2D eigenvalue weighted by atomic mass is 35.5. The Hall–Kier alpha value is -2.38. The van der Waals surface area contributed by atoms with Crippen molar-refractivity contribution >= 4 is 17.5 Å². The molecule has 0 saturated heterocycles. The average Bonchev–Trinajstić information content (AvgIpc) is 2.70. The summed E-state index contributed by atoms with van der Waals surface area (Å²) in [6, 6.07) is 7.93. The minimum absolute atomic E-state index is 0.0791. The number of amides is 1. The fourth-order valence-electron chi connectivity index (χ4n) is 3.11. The van der Waals surface area contributed by atoms with Crippen LogP contribution in [0.1, 0.15) is 42.5 Å². The van der Waals surface area contributed by atoms with Crippen molar-refractivity contribution in [2.24, 2.45) is 5.92 Å². The second-order valence-electron chi connectivity index (χ2n) is 6.47. The molecule has 1 amide bonds. The van der Waals surface area contributed by atoms with Crippen molar-refractivity contribution in [2.45, 2.75) is 38.3 Å². The number of halogens is 1. The lowest BCUT2D eigenvalue weighted by atomic mass is 9.88. The zero-order valence-corrected chi connectivity index (χ0v) is 15.8. The summed E-state index contributed by atoms with van der Waals surface area (Å²) in [5.74, 6) is 0.651. The molecule has 0 radical (unpaired) electrons. The van der Waals surface area contributed by atoms with Crippen molar-refractivity contribution in [1.82, 2.24) is 15.5 Å². The Labute approximate surface area is 162 Å². The predicted molar refractivity (Wildman–Crippen MR) is 100 cm³/mol. The summed E-state index contributed by atoms with van der Waals surface area (Å²) in [5.41, 5.74) is 0.227. The zero-order valence-electron chi connectivity index (χ0n) is 15.0. The summed E-state index contributed by atoms with van der Waals surface area (Å²) in [5, 5.41) is 20.9. The number of carbonyl (C=O) groups excluding carboxylic acids is 1. The molecule has 2 N–H and O–H groups in total. The Bertz CT molecular complexity index is 779. The van der Waals surface area contributed by atoms with E-state index >= 15 is 0 Å². The number of carbonyl (C=O) groups is 1. The molecule has 0 spiro atoms. The number of aliphatic hydroxyl groups is 1. The van der Waals surface area contributed by atoms with Crippen LogP contribution in [0.15, 0.2) is 30.3 Å². The lowest BCUT2D eigenvalue weighted by molar-refractivity contribution is 0.0463. The summed E-state index contributed by atoms with van der Waals surface area (Å²) >= 11 is 6.16. The van der Waals surface area contributed by atoms with Crippen LogP contribution >= 0.6 is 11.6 Å². The van der Waals surface area contributed by atoms with Crippen LogP contribution in [0, 0.1) is 5.92 Å². The van der Waals surface area contributed by atoms with E-state index in [1.165, 1.54) is 19.6 Å². The molecule has 1 aliphatic carbocycles. The van der Waals surface area contributed by atoms with Gasteiger partial charge in [0.15, 0.2) is 0 Å². The molecule has 2 aromatic rings. The van der Waals surface area contributed by atoms with Crippen molar-refractivity contribution in [3.63, 3.8) is 0 Å². The van der Waals surface area contributed by atoms with E-state index in [-0.39, 0.29) is 22.4 Å². The minimum Gasteiger partial charge on any atom is -0.480 e. The van der Waals surface area contributed by atoms with Gasteiger partial charge in [-0.2, -0.15) is 0 Å². The van der Waals surface area contributed by atoms with Gasteiger partial charge in [-0.3, -0.25) is 4.79 Å². The maximum atomic E-state index is 12.6. The number of hydrogen-bond donors (Lipinski definition) is 2. The molecule has 0 aliphatic heterocycles. The molecule has 144 valence electrons. The van der Waals surface area contributed by atoms with Gasteiger partial charge in [-0.15, -0.1) is 10.2 Å². The molecule has 1 aliphatic rings. The van der Waals surface area contributed by atoms with E-state index in [2.05, 4.69) is 15.5 Å². The predicted octanol–water partition coefficient (Wildman–Crippen LogP) is 3.56. The van der Waals surface area contributed by atoms with Crippen LogP contribution < -0.4 is 14.8 Å². The number of ether oxygens (including phenoxy) is 2. The summed E-state index contributed by atoms with van der Waals surface area (Å²) in [6.45, 7) is 0. The van der Waals surface area contributed by atoms with Gasteiger partial charge in [-0.1, -0.05) is 30.9 Å². The number of nitrogens with one attached hydrogen (secondary N) is 1. The Morgan fingerprint density at radius 3 is 2.56 bits per heavy atom. The van der Waals surface area contributed by atoms with Crippen LogP contribution in [-0.2, 0) is 0 Å².